The molecule has 41 heavy (non-hydrogen) atoms. The summed E-state index contributed by atoms with van der Waals surface area (Å²) in [6, 6.07) is 22.1. The first-order valence-corrected chi connectivity index (χ1v) is 17.8. The van der Waals surface area contributed by atoms with Crippen LogP contribution in [-0.2, 0) is 34.2 Å². The van der Waals surface area contributed by atoms with Crippen LogP contribution < -0.4 is 8.92 Å². The van der Waals surface area contributed by atoms with E-state index >= 15 is 0 Å². The van der Waals surface area contributed by atoms with Crippen molar-refractivity contribution in [2.24, 2.45) is 0 Å². The van der Waals surface area contributed by atoms with E-state index in [1.54, 1.807) is 48.2 Å². The number of unbranched alkanes of at least 4 members (excludes halogenated alkanes) is 3. The number of benzene rings is 3. The third kappa shape index (κ3) is 13.3. The van der Waals surface area contributed by atoms with Gasteiger partial charge in [-0.3, -0.25) is 4.79 Å². The minimum absolute atomic E-state index is 0.105. The van der Waals surface area contributed by atoms with Gasteiger partial charge >= 0.3 is 10.1 Å². The number of thioether (sulfide) groups is 2. The lowest BCUT2D eigenvalue weighted by atomic mass is 10.1. The second kappa shape index (κ2) is 17.4. The molecule has 1 atom stereocenters. The van der Waals surface area contributed by atoms with Gasteiger partial charge in [0.1, 0.15) is 17.2 Å². The maximum Gasteiger partial charge on any atom is 0.306 e. The average Bonchev–Trinajstić information content (AvgIpc) is 2.94. The van der Waals surface area contributed by atoms with E-state index in [1.807, 2.05) is 12.1 Å². The minimum atomic E-state index is -3.55. The van der Waals surface area contributed by atoms with Gasteiger partial charge in [0.2, 0.25) is 5.12 Å². The second-order valence-electron chi connectivity index (χ2n) is 9.88. The van der Waals surface area contributed by atoms with Gasteiger partial charge in [0.05, 0.1) is 18.1 Å². The van der Waals surface area contributed by atoms with E-state index in [-0.39, 0.29) is 21.9 Å². The Morgan fingerprint density at radius 3 is 2.07 bits per heavy atom. The van der Waals surface area contributed by atoms with E-state index in [4.69, 9.17) is 8.92 Å². The minimum Gasteiger partial charge on any atom is -0.508 e. The van der Waals surface area contributed by atoms with Crippen molar-refractivity contribution in [1.29, 1.82) is 0 Å². The van der Waals surface area contributed by atoms with E-state index in [0.29, 0.717) is 18.8 Å². The largest absolute Gasteiger partial charge is 0.508 e. The summed E-state index contributed by atoms with van der Waals surface area (Å²) in [6.07, 6.45) is 7.92. The summed E-state index contributed by atoms with van der Waals surface area (Å²) >= 11 is 3.19. The molecule has 1 N–H and O–H groups in total. The van der Waals surface area contributed by atoms with Crippen molar-refractivity contribution in [3.05, 3.63) is 89.5 Å². The highest BCUT2D eigenvalue weighted by molar-refractivity contribution is 8.16. The highest BCUT2D eigenvalue weighted by atomic mass is 32.2. The Bertz CT molecular complexity index is 1290. The molecule has 0 amide bonds. The van der Waals surface area contributed by atoms with E-state index in [2.05, 4.69) is 31.2 Å². The van der Waals surface area contributed by atoms with Crippen LogP contribution in [0.4, 0.5) is 0 Å². The van der Waals surface area contributed by atoms with Crippen molar-refractivity contribution in [3.63, 3.8) is 0 Å². The Labute approximate surface area is 253 Å². The SMILES string of the molecule is CCCCCCSC(=O)C(Cc1ccc(CCOc2ccc(OS(C)(=O)=O)cc2)cc1)SCCc1ccc(O)cc1. The van der Waals surface area contributed by atoms with Gasteiger partial charge in [-0.15, -0.1) is 11.8 Å². The van der Waals surface area contributed by atoms with Crippen LogP contribution in [0, 0.1) is 0 Å². The van der Waals surface area contributed by atoms with Crippen LogP contribution in [0.15, 0.2) is 72.8 Å². The predicted octanol–water partition coefficient (Wildman–Crippen LogP) is 7.08. The van der Waals surface area contributed by atoms with E-state index in [0.717, 1.165) is 53.7 Å². The Hall–Kier alpha value is -2.62. The fraction of sp³-hybridized carbons (Fsp3) is 0.406. The summed E-state index contributed by atoms with van der Waals surface area (Å²) in [4.78, 5) is 13.2. The molecule has 0 bridgehead atoms. The number of ether oxygens (including phenoxy) is 1. The highest BCUT2D eigenvalue weighted by Crippen LogP contribution is 2.25. The Morgan fingerprint density at radius 2 is 1.41 bits per heavy atom. The summed E-state index contributed by atoms with van der Waals surface area (Å²) in [7, 11) is -3.55. The molecule has 0 radical (unpaired) electrons. The first-order valence-electron chi connectivity index (χ1n) is 14.0. The molecule has 0 fully saturated rings. The van der Waals surface area contributed by atoms with Crippen LogP contribution >= 0.6 is 23.5 Å². The van der Waals surface area contributed by atoms with Gasteiger partial charge in [-0.25, -0.2) is 0 Å². The molecular formula is C32H40O6S3. The molecule has 222 valence electrons. The van der Waals surface area contributed by atoms with Crippen molar-refractivity contribution in [1.82, 2.24) is 0 Å². The zero-order valence-electron chi connectivity index (χ0n) is 23.8. The molecule has 0 aromatic heterocycles. The average molecular weight is 617 g/mol. The lowest BCUT2D eigenvalue weighted by molar-refractivity contribution is -0.110. The maximum atomic E-state index is 13.2. The van der Waals surface area contributed by atoms with Crippen molar-refractivity contribution in [2.75, 3.05) is 24.4 Å². The third-order valence-electron chi connectivity index (χ3n) is 6.33. The number of aromatic hydroxyl groups is 1. The van der Waals surface area contributed by atoms with Crippen molar-refractivity contribution in [2.45, 2.75) is 57.1 Å². The number of hydrogen-bond acceptors (Lipinski definition) is 8. The third-order valence-corrected chi connectivity index (χ3v) is 9.26. The van der Waals surface area contributed by atoms with Gasteiger partial charge in [0, 0.05) is 12.2 Å². The second-order valence-corrected chi connectivity index (χ2v) is 13.9. The summed E-state index contributed by atoms with van der Waals surface area (Å²) in [5, 5.41) is 9.67. The number of rotatable bonds is 18. The number of carbonyl (C=O) groups is 1. The summed E-state index contributed by atoms with van der Waals surface area (Å²) in [6.45, 7) is 2.67. The monoisotopic (exact) mass is 616 g/mol. The molecule has 1 unspecified atom stereocenters. The molecule has 0 saturated heterocycles. The number of hydrogen-bond donors (Lipinski definition) is 1. The zero-order valence-corrected chi connectivity index (χ0v) is 26.2. The molecule has 0 aliphatic carbocycles. The first-order chi connectivity index (χ1) is 19.7. The standard InChI is InChI=1S/C32H40O6S3/c1-3-4-5-6-22-40-32(34)31(39-23-20-26-11-13-28(33)14-12-26)24-27-9-7-25(8-10-27)19-21-37-29-15-17-30(18-16-29)38-41(2,35)36/h7-18,31,33H,3-6,19-24H2,1-2H3. The van der Waals surface area contributed by atoms with Gasteiger partial charge in [-0.2, -0.15) is 8.42 Å². The fourth-order valence-corrected chi connectivity index (χ4v) is 6.87. The van der Waals surface area contributed by atoms with Crippen LogP contribution in [0.5, 0.6) is 17.2 Å². The Morgan fingerprint density at radius 1 is 0.805 bits per heavy atom. The normalized spacial score (nSPS) is 12.1. The van der Waals surface area contributed by atoms with Crippen LogP contribution in [0.2, 0.25) is 0 Å². The molecule has 6 nitrogen and oxygen atoms in total. The fourth-order valence-electron chi connectivity index (χ4n) is 4.10. The maximum absolute atomic E-state index is 13.2. The molecule has 9 heteroatoms. The molecule has 3 aromatic carbocycles. The molecule has 3 rings (SSSR count). The van der Waals surface area contributed by atoms with E-state index < -0.39 is 10.1 Å². The summed E-state index contributed by atoms with van der Waals surface area (Å²) < 4.78 is 33.1. The highest BCUT2D eigenvalue weighted by Gasteiger charge is 2.20. The molecular weight excluding hydrogens is 577 g/mol. The summed E-state index contributed by atoms with van der Waals surface area (Å²) in [5.41, 5.74) is 3.43. The predicted molar refractivity (Wildman–Crippen MR) is 171 cm³/mol. The molecule has 0 aliphatic rings. The molecule has 0 saturated carbocycles. The van der Waals surface area contributed by atoms with E-state index in [9.17, 15) is 18.3 Å². The van der Waals surface area contributed by atoms with Gasteiger partial charge < -0.3 is 14.0 Å². The van der Waals surface area contributed by atoms with Crippen LogP contribution in [0.1, 0.15) is 49.3 Å². The van der Waals surface area contributed by atoms with Crippen LogP contribution in [-0.4, -0.2) is 48.3 Å². The number of aryl methyl sites for hydroxylation is 1. The van der Waals surface area contributed by atoms with Gasteiger partial charge in [0.25, 0.3) is 0 Å². The lowest BCUT2D eigenvalue weighted by Gasteiger charge is -2.16. The Balaban J connectivity index is 1.50. The smallest absolute Gasteiger partial charge is 0.306 e. The van der Waals surface area contributed by atoms with Crippen LogP contribution in [0.3, 0.4) is 0 Å². The number of phenols is 1. The quantitative estimate of drug-likeness (QED) is 0.120. The van der Waals surface area contributed by atoms with E-state index in [1.165, 1.54) is 31.0 Å². The summed E-state index contributed by atoms with van der Waals surface area (Å²) in [5.74, 6) is 2.87. The topological polar surface area (TPSA) is 89.9 Å². The molecule has 0 heterocycles. The van der Waals surface area contributed by atoms with Crippen molar-refractivity contribution >= 4 is 38.8 Å². The molecule has 0 spiro atoms. The molecule has 0 aliphatic heterocycles. The first kappa shape index (κ1) is 32.9. The number of carbonyl (C=O) groups excluding carboxylic acids is 1. The van der Waals surface area contributed by atoms with Crippen molar-refractivity contribution < 1.29 is 27.2 Å². The number of phenolic OH excluding ortho intramolecular Hbond substituents is 1. The molecule has 3 aromatic rings. The van der Waals surface area contributed by atoms with Gasteiger partial charge in [0.15, 0.2) is 0 Å². The van der Waals surface area contributed by atoms with Crippen LogP contribution in [0.25, 0.3) is 0 Å². The lowest BCUT2D eigenvalue weighted by Crippen LogP contribution is -2.18. The van der Waals surface area contributed by atoms with Gasteiger partial charge in [-0.05, 0) is 78.1 Å². The van der Waals surface area contributed by atoms with Crippen molar-refractivity contribution in [3.8, 4) is 17.2 Å². The van der Waals surface area contributed by atoms with Gasteiger partial charge in [-0.1, -0.05) is 74.3 Å². The Kier molecular flexibility index (Phi) is 13.9. The zero-order chi connectivity index (χ0) is 29.5.